The van der Waals surface area contributed by atoms with Gasteiger partial charge < -0.3 is 10.1 Å². The molecule has 2 aliphatic carbocycles. The van der Waals surface area contributed by atoms with Gasteiger partial charge in [0.05, 0.1) is 4.90 Å². The first-order valence-electron chi connectivity index (χ1n) is 12.7. The Balaban J connectivity index is 1.45. The van der Waals surface area contributed by atoms with E-state index in [1.807, 2.05) is 4.31 Å². The lowest BCUT2D eigenvalue weighted by Gasteiger charge is -2.40. The van der Waals surface area contributed by atoms with Crippen LogP contribution in [-0.2, 0) is 14.8 Å². The normalized spacial score (nSPS) is 18.8. The van der Waals surface area contributed by atoms with Gasteiger partial charge >= 0.3 is 0 Å². The molecule has 0 spiro atoms. The van der Waals surface area contributed by atoms with Gasteiger partial charge in [-0.2, -0.15) is 4.31 Å². The minimum atomic E-state index is -3.64. The number of halogens is 1. The van der Waals surface area contributed by atoms with Crippen LogP contribution in [-0.4, -0.2) is 36.8 Å². The molecular weight excluding hydrogens is 467 g/mol. The zero-order valence-corrected chi connectivity index (χ0v) is 21.1. The molecule has 0 heterocycles. The number of ether oxygens (including phenoxy) is 1. The number of rotatable bonds is 8. The van der Waals surface area contributed by atoms with E-state index in [-0.39, 0.29) is 28.7 Å². The number of nitrogens with zero attached hydrogens (tertiary/aromatic N) is 1. The molecule has 0 saturated heterocycles. The van der Waals surface area contributed by atoms with Crippen molar-refractivity contribution in [3.05, 3.63) is 54.3 Å². The number of amides is 1. The van der Waals surface area contributed by atoms with E-state index in [1.165, 1.54) is 37.1 Å². The highest BCUT2D eigenvalue weighted by Crippen LogP contribution is 2.35. The summed E-state index contributed by atoms with van der Waals surface area (Å²) >= 11 is 0. The molecule has 2 fully saturated rings. The van der Waals surface area contributed by atoms with Crippen LogP contribution in [0.2, 0.25) is 0 Å². The van der Waals surface area contributed by atoms with E-state index in [1.54, 1.807) is 31.2 Å². The fourth-order valence-electron chi connectivity index (χ4n) is 5.21. The summed E-state index contributed by atoms with van der Waals surface area (Å²) in [5.74, 6) is -0.369. The van der Waals surface area contributed by atoms with E-state index < -0.39 is 16.1 Å². The van der Waals surface area contributed by atoms with Gasteiger partial charge in [-0.3, -0.25) is 4.79 Å². The molecule has 2 saturated carbocycles. The molecule has 4 rings (SSSR count). The lowest BCUT2D eigenvalue weighted by molar-refractivity contribution is -0.122. The third-order valence-electron chi connectivity index (χ3n) is 7.06. The van der Waals surface area contributed by atoms with E-state index in [2.05, 4.69) is 5.32 Å². The SMILES string of the molecule is CC(Oc1ccc(F)cc1)C(=O)Nc1ccc(S(=O)(=O)N(C2CCCCC2)C2CCCCC2)cc1. The zero-order valence-electron chi connectivity index (χ0n) is 20.3. The van der Waals surface area contributed by atoms with Crippen molar-refractivity contribution in [2.24, 2.45) is 0 Å². The molecule has 190 valence electrons. The summed E-state index contributed by atoms with van der Waals surface area (Å²) in [5.41, 5.74) is 0.491. The second kappa shape index (κ2) is 11.5. The average molecular weight is 503 g/mol. The van der Waals surface area contributed by atoms with Crippen molar-refractivity contribution in [2.75, 3.05) is 5.32 Å². The minimum absolute atomic E-state index is 0.0701. The van der Waals surface area contributed by atoms with Crippen LogP contribution < -0.4 is 10.1 Å². The van der Waals surface area contributed by atoms with E-state index in [0.29, 0.717) is 11.4 Å². The maximum absolute atomic E-state index is 13.8. The number of anilines is 1. The maximum atomic E-state index is 13.8. The smallest absolute Gasteiger partial charge is 0.265 e. The summed E-state index contributed by atoms with van der Waals surface area (Å²) in [7, 11) is -3.64. The van der Waals surface area contributed by atoms with Gasteiger partial charge in [0.15, 0.2) is 6.10 Å². The van der Waals surface area contributed by atoms with Gasteiger partial charge in [-0.05, 0) is 81.1 Å². The van der Waals surface area contributed by atoms with Gasteiger partial charge in [0.1, 0.15) is 11.6 Å². The van der Waals surface area contributed by atoms with E-state index in [9.17, 15) is 17.6 Å². The van der Waals surface area contributed by atoms with Crippen molar-refractivity contribution in [2.45, 2.75) is 94.2 Å². The number of benzene rings is 2. The molecule has 0 radical (unpaired) electrons. The Morgan fingerprint density at radius 1 is 0.886 bits per heavy atom. The highest BCUT2D eigenvalue weighted by molar-refractivity contribution is 7.89. The molecule has 2 aromatic rings. The predicted octanol–water partition coefficient (Wildman–Crippen LogP) is 5.89. The molecule has 1 unspecified atom stereocenters. The quantitative estimate of drug-likeness (QED) is 0.489. The van der Waals surface area contributed by atoms with Crippen molar-refractivity contribution in [1.29, 1.82) is 0 Å². The van der Waals surface area contributed by atoms with Crippen LogP contribution in [0.15, 0.2) is 53.4 Å². The van der Waals surface area contributed by atoms with Crippen LogP contribution in [0.1, 0.15) is 71.1 Å². The van der Waals surface area contributed by atoms with Gasteiger partial charge in [0.25, 0.3) is 5.91 Å². The highest BCUT2D eigenvalue weighted by atomic mass is 32.2. The number of hydrogen-bond acceptors (Lipinski definition) is 4. The molecule has 8 heteroatoms. The van der Waals surface area contributed by atoms with Gasteiger partial charge in [-0.1, -0.05) is 38.5 Å². The summed E-state index contributed by atoms with van der Waals surface area (Å²) in [6, 6.07) is 12.0. The second-order valence-corrected chi connectivity index (χ2v) is 11.5. The maximum Gasteiger partial charge on any atom is 0.265 e. The van der Waals surface area contributed by atoms with Crippen LogP contribution in [0, 0.1) is 5.82 Å². The van der Waals surface area contributed by atoms with Crippen molar-refractivity contribution in [3.8, 4) is 5.75 Å². The summed E-state index contributed by atoms with van der Waals surface area (Å²) in [5, 5.41) is 2.76. The Morgan fingerprint density at radius 2 is 1.40 bits per heavy atom. The molecule has 2 aromatic carbocycles. The van der Waals surface area contributed by atoms with E-state index in [4.69, 9.17) is 4.74 Å². The molecule has 6 nitrogen and oxygen atoms in total. The van der Waals surface area contributed by atoms with Crippen LogP contribution >= 0.6 is 0 Å². The standard InChI is InChI=1S/C27H35FN2O4S/c1-20(34-25-16-12-21(28)13-17-25)27(31)29-22-14-18-26(19-15-22)35(32,33)30(23-8-4-2-5-9-23)24-10-6-3-7-11-24/h12-20,23-24H,2-11H2,1H3,(H,29,31). The molecule has 1 amide bonds. The zero-order chi connectivity index (χ0) is 24.8. The number of sulfonamides is 1. The second-order valence-electron chi connectivity index (χ2n) is 9.65. The lowest BCUT2D eigenvalue weighted by atomic mass is 9.91. The monoisotopic (exact) mass is 502 g/mol. The Bertz CT molecular complexity index is 1060. The lowest BCUT2D eigenvalue weighted by Crippen LogP contribution is -2.48. The first-order chi connectivity index (χ1) is 16.8. The summed E-state index contributed by atoms with van der Waals surface area (Å²) < 4.78 is 48.0. The van der Waals surface area contributed by atoms with Crippen LogP contribution in [0.25, 0.3) is 0 Å². The van der Waals surface area contributed by atoms with Gasteiger partial charge in [0.2, 0.25) is 10.0 Å². The fraction of sp³-hybridized carbons (Fsp3) is 0.519. The Hall–Kier alpha value is -2.45. The van der Waals surface area contributed by atoms with E-state index >= 15 is 0 Å². The molecule has 0 bridgehead atoms. The average Bonchev–Trinajstić information content (AvgIpc) is 2.87. The third-order valence-corrected chi connectivity index (χ3v) is 9.08. The van der Waals surface area contributed by atoms with Crippen molar-refractivity contribution >= 4 is 21.6 Å². The molecule has 0 aliphatic heterocycles. The summed E-state index contributed by atoms with van der Waals surface area (Å²) in [6.07, 6.45) is 9.55. The van der Waals surface area contributed by atoms with Gasteiger partial charge in [-0.25, -0.2) is 12.8 Å². The Kier molecular flexibility index (Phi) is 8.44. The summed E-state index contributed by atoms with van der Waals surface area (Å²) in [6.45, 7) is 1.60. The molecule has 1 atom stereocenters. The largest absolute Gasteiger partial charge is 0.481 e. The first-order valence-corrected chi connectivity index (χ1v) is 14.2. The minimum Gasteiger partial charge on any atom is -0.481 e. The highest BCUT2D eigenvalue weighted by Gasteiger charge is 2.38. The third kappa shape index (κ3) is 6.41. The molecule has 1 N–H and O–H groups in total. The predicted molar refractivity (Wildman–Crippen MR) is 134 cm³/mol. The molecular formula is C27H35FN2O4S. The van der Waals surface area contributed by atoms with Crippen molar-refractivity contribution in [3.63, 3.8) is 0 Å². The van der Waals surface area contributed by atoms with E-state index in [0.717, 1.165) is 51.4 Å². The van der Waals surface area contributed by atoms with Crippen LogP contribution in [0.5, 0.6) is 5.75 Å². The molecule has 0 aromatic heterocycles. The van der Waals surface area contributed by atoms with Gasteiger partial charge in [0, 0.05) is 17.8 Å². The van der Waals surface area contributed by atoms with Crippen LogP contribution in [0.3, 0.4) is 0 Å². The van der Waals surface area contributed by atoms with Crippen molar-refractivity contribution < 1.29 is 22.3 Å². The Labute approximate surface area is 207 Å². The Morgan fingerprint density at radius 3 is 1.91 bits per heavy atom. The molecule has 2 aliphatic rings. The summed E-state index contributed by atoms with van der Waals surface area (Å²) in [4.78, 5) is 12.8. The fourth-order valence-corrected chi connectivity index (χ4v) is 7.14. The first kappa shape index (κ1) is 25.6. The number of hydrogen-bond donors (Lipinski definition) is 1. The topological polar surface area (TPSA) is 75.7 Å². The van der Waals surface area contributed by atoms with Gasteiger partial charge in [-0.15, -0.1) is 0 Å². The molecule has 35 heavy (non-hydrogen) atoms. The number of carbonyl (C=O) groups is 1. The van der Waals surface area contributed by atoms with Crippen molar-refractivity contribution in [1.82, 2.24) is 4.31 Å². The number of nitrogens with one attached hydrogen (secondary N) is 1. The number of carbonyl (C=O) groups excluding carboxylic acids is 1. The van der Waals surface area contributed by atoms with Crippen LogP contribution in [0.4, 0.5) is 10.1 Å².